The highest BCUT2D eigenvalue weighted by molar-refractivity contribution is 7.22. The van der Waals surface area contributed by atoms with Gasteiger partial charge < -0.3 is 4.74 Å². The zero-order valence-electron chi connectivity index (χ0n) is 17.3. The molecule has 4 aromatic rings. The summed E-state index contributed by atoms with van der Waals surface area (Å²) in [5.74, 6) is -0.0841. The zero-order valence-corrected chi connectivity index (χ0v) is 18.1. The van der Waals surface area contributed by atoms with Gasteiger partial charge in [0.15, 0.2) is 5.13 Å². The summed E-state index contributed by atoms with van der Waals surface area (Å²) < 4.78 is 6.91. The van der Waals surface area contributed by atoms with Crippen LogP contribution in [-0.4, -0.2) is 35.1 Å². The topological polar surface area (TPSA) is 55.3 Å². The first-order valence-electron chi connectivity index (χ1n) is 10.5. The summed E-state index contributed by atoms with van der Waals surface area (Å²) in [6.45, 7) is 3.14. The summed E-state index contributed by atoms with van der Waals surface area (Å²) in [4.78, 5) is 24.9. The Labute approximate surface area is 185 Å². The second kappa shape index (κ2) is 8.57. The predicted molar refractivity (Wildman–Crippen MR) is 125 cm³/mol. The maximum absolute atomic E-state index is 13.7. The molecule has 5 nitrogen and oxygen atoms in total. The van der Waals surface area contributed by atoms with Crippen molar-refractivity contribution >= 4 is 32.6 Å². The van der Waals surface area contributed by atoms with Crippen LogP contribution in [0.5, 0.6) is 0 Å². The molecule has 0 aliphatic carbocycles. The normalized spacial score (nSPS) is 16.0. The Morgan fingerprint density at radius 3 is 2.61 bits per heavy atom. The molecule has 0 spiro atoms. The number of aromatic nitrogens is 2. The van der Waals surface area contributed by atoms with Gasteiger partial charge in [-0.15, -0.1) is 0 Å². The molecule has 1 amide bonds. The largest absolute Gasteiger partial charge is 0.376 e. The van der Waals surface area contributed by atoms with E-state index in [1.807, 2.05) is 73.7 Å². The number of thiazole rings is 1. The van der Waals surface area contributed by atoms with E-state index in [1.165, 1.54) is 11.3 Å². The van der Waals surface area contributed by atoms with Gasteiger partial charge in [0.25, 0.3) is 5.91 Å². The fraction of sp³-hybridized carbons (Fsp3) is 0.240. The third-order valence-corrected chi connectivity index (χ3v) is 6.61. The summed E-state index contributed by atoms with van der Waals surface area (Å²) in [6, 6.07) is 21.8. The number of anilines is 1. The van der Waals surface area contributed by atoms with E-state index >= 15 is 0 Å². The molecule has 31 heavy (non-hydrogen) atoms. The second-order valence-electron chi connectivity index (χ2n) is 7.71. The first-order valence-corrected chi connectivity index (χ1v) is 11.3. The Morgan fingerprint density at radius 2 is 1.87 bits per heavy atom. The van der Waals surface area contributed by atoms with Crippen molar-refractivity contribution in [3.63, 3.8) is 0 Å². The smallest absolute Gasteiger partial charge is 0.261 e. The molecule has 0 bridgehead atoms. The lowest BCUT2D eigenvalue weighted by molar-refractivity contribution is 0.0916. The molecule has 6 heteroatoms. The van der Waals surface area contributed by atoms with Gasteiger partial charge >= 0.3 is 0 Å². The molecule has 1 aliphatic heterocycles. The molecular weight excluding hydrogens is 406 g/mol. The van der Waals surface area contributed by atoms with Crippen LogP contribution in [0.4, 0.5) is 5.13 Å². The van der Waals surface area contributed by atoms with E-state index in [4.69, 9.17) is 14.7 Å². The zero-order chi connectivity index (χ0) is 21.2. The van der Waals surface area contributed by atoms with Crippen molar-refractivity contribution in [2.24, 2.45) is 0 Å². The fourth-order valence-corrected chi connectivity index (χ4v) is 4.89. The Morgan fingerprint density at radius 1 is 1.06 bits per heavy atom. The molecular formula is C25H23N3O2S. The number of hydrogen-bond acceptors (Lipinski definition) is 5. The average molecular weight is 430 g/mol. The van der Waals surface area contributed by atoms with Gasteiger partial charge in [-0.05, 0) is 44.0 Å². The van der Waals surface area contributed by atoms with Crippen molar-refractivity contribution in [1.82, 2.24) is 9.97 Å². The number of pyridine rings is 1. The van der Waals surface area contributed by atoms with Gasteiger partial charge in [-0.3, -0.25) is 14.7 Å². The molecule has 2 aromatic carbocycles. The van der Waals surface area contributed by atoms with Crippen LogP contribution in [0.2, 0.25) is 0 Å². The maximum Gasteiger partial charge on any atom is 0.261 e. The standard InChI is InChI=1S/C25H23N3O2S/c1-17-20(13-14-21(26-17)18-8-3-2-4-9-18)24(29)28(16-19-10-7-15-30-19)25-27-22-11-5-6-12-23(22)31-25/h2-6,8-9,11-14,19H,7,10,15-16H2,1H3/t19-/m0/s1. The molecule has 0 radical (unpaired) electrons. The van der Waals surface area contributed by atoms with Crippen molar-refractivity contribution in [2.45, 2.75) is 25.9 Å². The van der Waals surface area contributed by atoms with Gasteiger partial charge in [-0.1, -0.05) is 53.8 Å². The Hall–Kier alpha value is -3.09. The second-order valence-corrected chi connectivity index (χ2v) is 8.72. The maximum atomic E-state index is 13.7. The van der Waals surface area contributed by atoms with E-state index in [1.54, 1.807) is 4.90 Å². The number of carbonyl (C=O) groups excluding carboxylic acids is 1. The number of hydrogen-bond donors (Lipinski definition) is 0. The van der Waals surface area contributed by atoms with Crippen molar-refractivity contribution in [3.05, 3.63) is 78.0 Å². The molecule has 1 atom stereocenters. The number of carbonyl (C=O) groups is 1. The van der Waals surface area contributed by atoms with Gasteiger partial charge in [0.1, 0.15) is 0 Å². The molecule has 3 heterocycles. The monoisotopic (exact) mass is 429 g/mol. The summed E-state index contributed by atoms with van der Waals surface area (Å²) in [7, 11) is 0. The number of para-hydroxylation sites is 1. The lowest BCUT2D eigenvalue weighted by atomic mass is 10.1. The lowest BCUT2D eigenvalue weighted by Gasteiger charge is -2.23. The minimum absolute atomic E-state index is 0.0350. The number of aryl methyl sites for hydroxylation is 1. The van der Waals surface area contributed by atoms with Crippen LogP contribution >= 0.6 is 11.3 Å². The summed E-state index contributed by atoms with van der Waals surface area (Å²) >= 11 is 1.54. The van der Waals surface area contributed by atoms with Gasteiger partial charge in [-0.2, -0.15) is 0 Å². The molecule has 1 saturated heterocycles. The number of amides is 1. The average Bonchev–Trinajstić information content (AvgIpc) is 3.47. The van der Waals surface area contributed by atoms with E-state index < -0.39 is 0 Å². The Balaban J connectivity index is 1.50. The van der Waals surface area contributed by atoms with Gasteiger partial charge in [-0.25, -0.2) is 4.98 Å². The molecule has 0 unspecified atom stereocenters. The highest BCUT2D eigenvalue weighted by Gasteiger charge is 2.28. The van der Waals surface area contributed by atoms with Gasteiger partial charge in [0.2, 0.25) is 0 Å². The van der Waals surface area contributed by atoms with Gasteiger partial charge in [0, 0.05) is 12.2 Å². The number of fused-ring (bicyclic) bond motifs is 1. The Bertz CT molecular complexity index is 1180. The van der Waals surface area contributed by atoms with Crippen LogP contribution in [-0.2, 0) is 4.74 Å². The quantitative estimate of drug-likeness (QED) is 0.421. The minimum Gasteiger partial charge on any atom is -0.376 e. The molecule has 156 valence electrons. The molecule has 0 N–H and O–H groups in total. The number of benzene rings is 2. The highest BCUT2D eigenvalue weighted by atomic mass is 32.1. The molecule has 2 aromatic heterocycles. The van der Waals surface area contributed by atoms with Crippen molar-refractivity contribution in [3.8, 4) is 11.3 Å². The third-order valence-electron chi connectivity index (χ3n) is 5.55. The van der Waals surface area contributed by atoms with Gasteiger partial charge in [0.05, 0.1) is 39.8 Å². The first-order chi connectivity index (χ1) is 15.2. The van der Waals surface area contributed by atoms with Crippen LogP contribution in [0.3, 0.4) is 0 Å². The minimum atomic E-state index is -0.0841. The molecule has 1 aliphatic rings. The number of nitrogens with zero attached hydrogens (tertiary/aromatic N) is 3. The summed E-state index contributed by atoms with van der Waals surface area (Å²) in [6.07, 6.45) is 2.02. The van der Waals surface area contributed by atoms with Crippen LogP contribution in [0.15, 0.2) is 66.7 Å². The number of ether oxygens (including phenoxy) is 1. The Kier molecular flexibility index (Phi) is 5.49. The van der Waals surface area contributed by atoms with Crippen molar-refractivity contribution in [1.29, 1.82) is 0 Å². The van der Waals surface area contributed by atoms with Crippen molar-refractivity contribution < 1.29 is 9.53 Å². The SMILES string of the molecule is Cc1nc(-c2ccccc2)ccc1C(=O)N(C[C@@H]1CCCO1)c1nc2ccccc2s1. The van der Waals surface area contributed by atoms with E-state index in [9.17, 15) is 4.79 Å². The first kappa shape index (κ1) is 19.8. The number of rotatable bonds is 5. The fourth-order valence-electron chi connectivity index (χ4n) is 3.92. The van der Waals surface area contributed by atoms with E-state index in [0.717, 1.165) is 40.9 Å². The molecule has 5 rings (SSSR count). The van der Waals surface area contributed by atoms with E-state index in [2.05, 4.69) is 0 Å². The van der Waals surface area contributed by atoms with E-state index in [-0.39, 0.29) is 12.0 Å². The highest BCUT2D eigenvalue weighted by Crippen LogP contribution is 2.31. The summed E-state index contributed by atoms with van der Waals surface area (Å²) in [5, 5.41) is 0.702. The predicted octanol–water partition coefficient (Wildman–Crippen LogP) is 5.49. The molecule has 0 saturated carbocycles. The van der Waals surface area contributed by atoms with Crippen LogP contribution < -0.4 is 4.90 Å². The van der Waals surface area contributed by atoms with E-state index in [0.29, 0.717) is 22.9 Å². The van der Waals surface area contributed by atoms with Crippen LogP contribution in [0, 0.1) is 6.92 Å². The third kappa shape index (κ3) is 4.09. The molecule has 1 fully saturated rings. The van der Waals surface area contributed by atoms with Crippen molar-refractivity contribution in [2.75, 3.05) is 18.1 Å². The summed E-state index contributed by atoms with van der Waals surface area (Å²) in [5.41, 5.74) is 4.11. The van der Waals surface area contributed by atoms with Crippen LogP contribution in [0.25, 0.3) is 21.5 Å². The lowest BCUT2D eigenvalue weighted by Crippen LogP contribution is -2.38. The van der Waals surface area contributed by atoms with Crippen LogP contribution in [0.1, 0.15) is 28.9 Å².